The summed E-state index contributed by atoms with van der Waals surface area (Å²) >= 11 is 0. The molecule has 0 aliphatic carbocycles. The molecule has 1 aliphatic heterocycles. The van der Waals surface area contributed by atoms with Crippen molar-refractivity contribution in [3.05, 3.63) is 35.8 Å². The smallest absolute Gasteiger partial charge is 0.262 e. The molecule has 2 heterocycles. The highest BCUT2D eigenvalue weighted by atomic mass is 32.2. The number of ether oxygens (including phenoxy) is 1. The van der Waals surface area contributed by atoms with Crippen molar-refractivity contribution in [1.29, 1.82) is 0 Å². The topological polar surface area (TPSA) is 102 Å². The molecule has 1 aliphatic rings. The van der Waals surface area contributed by atoms with Crippen molar-refractivity contribution in [3.8, 4) is 5.75 Å². The van der Waals surface area contributed by atoms with E-state index in [1.807, 2.05) is 6.92 Å². The van der Waals surface area contributed by atoms with Gasteiger partial charge in [0.25, 0.3) is 10.0 Å². The van der Waals surface area contributed by atoms with Gasteiger partial charge in [-0.3, -0.25) is 0 Å². The van der Waals surface area contributed by atoms with Crippen molar-refractivity contribution in [2.24, 2.45) is 7.05 Å². The first kappa shape index (κ1) is 21.8. The van der Waals surface area contributed by atoms with E-state index in [1.165, 1.54) is 21.9 Å². The number of benzene rings is 1. The summed E-state index contributed by atoms with van der Waals surface area (Å²) in [5.74, 6) is 0.863. The van der Waals surface area contributed by atoms with E-state index in [4.69, 9.17) is 4.74 Å². The number of hydrogen-bond acceptors (Lipinski definition) is 6. The van der Waals surface area contributed by atoms with Gasteiger partial charge in [0.15, 0.2) is 5.03 Å². The summed E-state index contributed by atoms with van der Waals surface area (Å²) in [6, 6.07) is 4.98. The van der Waals surface area contributed by atoms with E-state index < -0.39 is 20.0 Å². The van der Waals surface area contributed by atoms with Crippen LogP contribution in [0.15, 0.2) is 34.3 Å². The first-order valence-corrected chi connectivity index (χ1v) is 12.1. The lowest BCUT2D eigenvalue weighted by atomic mass is 10.2. The van der Waals surface area contributed by atoms with E-state index in [9.17, 15) is 16.8 Å². The lowest BCUT2D eigenvalue weighted by Crippen LogP contribution is -2.37. The molecule has 1 saturated heterocycles. The van der Waals surface area contributed by atoms with E-state index in [2.05, 4.69) is 4.98 Å². The Labute approximate surface area is 172 Å². The van der Waals surface area contributed by atoms with Gasteiger partial charge in [-0.25, -0.2) is 21.8 Å². The summed E-state index contributed by atoms with van der Waals surface area (Å²) < 4.78 is 61.8. The third kappa shape index (κ3) is 4.18. The maximum Gasteiger partial charge on any atom is 0.262 e. The Bertz CT molecular complexity index is 1090. The lowest BCUT2D eigenvalue weighted by Gasteiger charge is -2.22. The van der Waals surface area contributed by atoms with Crippen LogP contribution in [0.2, 0.25) is 0 Å². The van der Waals surface area contributed by atoms with E-state index in [1.54, 1.807) is 36.7 Å². The second kappa shape index (κ2) is 8.05. The summed E-state index contributed by atoms with van der Waals surface area (Å²) in [7, 11) is -4.45. The maximum atomic E-state index is 13.2. The number of methoxy groups -OCH3 is 1. The minimum absolute atomic E-state index is 0.0193. The fourth-order valence-corrected chi connectivity index (χ4v) is 6.46. The zero-order valence-corrected chi connectivity index (χ0v) is 18.6. The van der Waals surface area contributed by atoms with Crippen LogP contribution in [0.1, 0.15) is 17.8 Å². The monoisotopic (exact) mass is 442 g/mol. The van der Waals surface area contributed by atoms with Crippen molar-refractivity contribution in [2.75, 3.05) is 33.3 Å². The number of nitrogens with zero attached hydrogens (tertiary/aromatic N) is 4. The summed E-state index contributed by atoms with van der Waals surface area (Å²) in [5.41, 5.74) is 0.800. The van der Waals surface area contributed by atoms with Crippen molar-refractivity contribution in [2.45, 2.75) is 30.2 Å². The number of rotatable bonds is 5. The Morgan fingerprint density at radius 3 is 2.14 bits per heavy atom. The summed E-state index contributed by atoms with van der Waals surface area (Å²) in [6.45, 7) is 4.12. The van der Waals surface area contributed by atoms with Gasteiger partial charge in [-0.15, -0.1) is 0 Å². The van der Waals surface area contributed by atoms with Crippen molar-refractivity contribution in [3.63, 3.8) is 0 Å². The van der Waals surface area contributed by atoms with Gasteiger partial charge < -0.3 is 9.30 Å². The Kier molecular flexibility index (Phi) is 6.04. The summed E-state index contributed by atoms with van der Waals surface area (Å²) in [6.07, 6.45) is 1.86. The van der Waals surface area contributed by atoms with Crippen LogP contribution in [0.4, 0.5) is 0 Å². The molecule has 0 bridgehead atoms. The minimum Gasteiger partial charge on any atom is -0.495 e. The first-order chi connectivity index (χ1) is 13.6. The molecule has 0 amide bonds. The van der Waals surface area contributed by atoms with Gasteiger partial charge in [-0.05, 0) is 38.0 Å². The van der Waals surface area contributed by atoms with E-state index in [-0.39, 0.29) is 41.8 Å². The number of hydrogen-bond donors (Lipinski definition) is 0. The number of sulfonamides is 2. The second-order valence-electron chi connectivity index (χ2n) is 7.05. The minimum atomic E-state index is -3.82. The highest BCUT2D eigenvalue weighted by molar-refractivity contribution is 7.89. The van der Waals surface area contributed by atoms with Crippen LogP contribution < -0.4 is 4.74 Å². The van der Waals surface area contributed by atoms with Crippen molar-refractivity contribution >= 4 is 20.0 Å². The van der Waals surface area contributed by atoms with Crippen LogP contribution in [0.3, 0.4) is 0 Å². The molecule has 0 atom stereocenters. The second-order valence-corrected chi connectivity index (χ2v) is 10.8. The quantitative estimate of drug-likeness (QED) is 0.688. The zero-order valence-electron chi connectivity index (χ0n) is 17.0. The molecule has 29 heavy (non-hydrogen) atoms. The van der Waals surface area contributed by atoms with Gasteiger partial charge in [-0.2, -0.15) is 8.61 Å². The third-order valence-electron chi connectivity index (χ3n) is 5.04. The van der Waals surface area contributed by atoms with Gasteiger partial charge in [0.1, 0.15) is 16.5 Å². The molecule has 11 heteroatoms. The summed E-state index contributed by atoms with van der Waals surface area (Å²) in [5, 5.41) is -0.0193. The SMILES string of the molecule is COc1ccc(C)cc1S(=O)(=O)N1CCCN(S(=O)(=O)c2cn(C)c(C)n2)CC1. The Morgan fingerprint density at radius 1 is 0.966 bits per heavy atom. The molecule has 0 saturated carbocycles. The molecular formula is C18H26N4O5S2. The van der Waals surface area contributed by atoms with Crippen LogP contribution in [-0.4, -0.2) is 68.3 Å². The molecule has 0 N–H and O–H groups in total. The molecular weight excluding hydrogens is 416 g/mol. The van der Waals surface area contributed by atoms with Crippen molar-refractivity contribution in [1.82, 2.24) is 18.2 Å². The van der Waals surface area contributed by atoms with Gasteiger partial charge in [0, 0.05) is 39.4 Å². The first-order valence-electron chi connectivity index (χ1n) is 9.22. The predicted octanol–water partition coefficient (Wildman–Crippen LogP) is 1.13. The average molecular weight is 443 g/mol. The molecule has 1 aromatic heterocycles. The Balaban J connectivity index is 1.85. The van der Waals surface area contributed by atoms with Crippen LogP contribution >= 0.6 is 0 Å². The molecule has 2 aromatic rings. The Hall–Kier alpha value is -1.95. The lowest BCUT2D eigenvalue weighted by molar-refractivity contribution is 0.388. The van der Waals surface area contributed by atoms with Crippen LogP contribution in [0.5, 0.6) is 5.75 Å². The van der Waals surface area contributed by atoms with E-state index >= 15 is 0 Å². The molecule has 160 valence electrons. The van der Waals surface area contributed by atoms with Crippen molar-refractivity contribution < 1.29 is 21.6 Å². The normalized spacial score (nSPS) is 17.2. The highest BCUT2D eigenvalue weighted by Crippen LogP contribution is 2.29. The largest absolute Gasteiger partial charge is 0.495 e. The molecule has 0 radical (unpaired) electrons. The average Bonchev–Trinajstić information content (AvgIpc) is 2.87. The van der Waals surface area contributed by atoms with Crippen LogP contribution in [-0.2, 0) is 27.1 Å². The number of aryl methyl sites for hydroxylation is 3. The zero-order chi connectivity index (χ0) is 21.4. The fourth-order valence-electron chi connectivity index (χ4n) is 3.26. The number of aromatic nitrogens is 2. The Morgan fingerprint density at radius 2 is 1.59 bits per heavy atom. The summed E-state index contributed by atoms with van der Waals surface area (Å²) in [4.78, 5) is 4.21. The standard InChI is InChI=1S/C18H26N4O5S2/c1-14-6-7-16(27-4)17(12-14)28(23,24)21-8-5-9-22(11-10-21)29(25,26)18-13-20(3)15(2)19-18/h6-7,12-13H,5,8-11H2,1-4H3. The molecule has 1 fully saturated rings. The molecule has 1 aromatic carbocycles. The van der Waals surface area contributed by atoms with Gasteiger partial charge >= 0.3 is 0 Å². The molecule has 3 rings (SSSR count). The molecule has 0 spiro atoms. The molecule has 9 nitrogen and oxygen atoms in total. The van der Waals surface area contributed by atoms with Crippen LogP contribution in [0, 0.1) is 13.8 Å². The van der Waals surface area contributed by atoms with Gasteiger partial charge in [-0.1, -0.05) is 6.07 Å². The van der Waals surface area contributed by atoms with E-state index in [0.717, 1.165) is 5.56 Å². The van der Waals surface area contributed by atoms with Gasteiger partial charge in [0.05, 0.1) is 7.11 Å². The maximum absolute atomic E-state index is 13.2. The van der Waals surface area contributed by atoms with E-state index in [0.29, 0.717) is 12.2 Å². The highest BCUT2D eigenvalue weighted by Gasteiger charge is 2.34. The number of imidazole rings is 1. The predicted molar refractivity (Wildman–Crippen MR) is 108 cm³/mol. The third-order valence-corrected chi connectivity index (χ3v) is 8.73. The fraction of sp³-hybridized carbons (Fsp3) is 0.500. The molecule has 0 unspecified atom stereocenters. The van der Waals surface area contributed by atoms with Gasteiger partial charge in [0.2, 0.25) is 10.0 Å². The van der Waals surface area contributed by atoms with Crippen LogP contribution in [0.25, 0.3) is 0 Å².